The van der Waals surface area contributed by atoms with Crippen molar-refractivity contribution in [2.45, 2.75) is 50.5 Å². The van der Waals surface area contributed by atoms with Gasteiger partial charge in [0.15, 0.2) is 0 Å². The fourth-order valence-corrected chi connectivity index (χ4v) is 4.95. The molecule has 26 heavy (non-hydrogen) atoms. The minimum absolute atomic E-state index is 0.478. The highest BCUT2D eigenvalue weighted by Gasteiger charge is 2.26. The maximum absolute atomic E-state index is 5.87. The Morgan fingerprint density at radius 2 is 1.58 bits per heavy atom. The van der Waals surface area contributed by atoms with Crippen LogP contribution in [0.3, 0.4) is 0 Å². The van der Waals surface area contributed by atoms with E-state index in [0.717, 1.165) is 17.8 Å². The molecule has 4 heteroatoms. The normalized spacial score (nSPS) is 28.1. The average molecular weight is 357 g/mol. The van der Waals surface area contributed by atoms with Crippen molar-refractivity contribution in [1.82, 2.24) is 10.6 Å². The monoisotopic (exact) mass is 356 g/mol. The summed E-state index contributed by atoms with van der Waals surface area (Å²) in [5.41, 5.74) is 8.82. The third kappa shape index (κ3) is 4.59. The summed E-state index contributed by atoms with van der Waals surface area (Å²) in [7, 11) is 0. The van der Waals surface area contributed by atoms with E-state index < -0.39 is 0 Å². The van der Waals surface area contributed by atoms with Gasteiger partial charge in [0.25, 0.3) is 0 Å². The lowest BCUT2D eigenvalue weighted by Crippen LogP contribution is -2.43. The van der Waals surface area contributed by atoms with Gasteiger partial charge in [0.2, 0.25) is 0 Å². The minimum Gasteiger partial charge on any atom is -0.372 e. The molecule has 2 aliphatic heterocycles. The molecule has 144 valence electrons. The van der Waals surface area contributed by atoms with Gasteiger partial charge in [-0.2, -0.15) is 0 Å². The summed E-state index contributed by atoms with van der Waals surface area (Å²) in [6, 6.07) is 9.95. The summed E-state index contributed by atoms with van der Waals surface area (Å²) in [6.07, 6.45) is 7.63. The molecule has 4 rings (SSSR count). The molecule has 4 N–H and O–H groups in total. The quantitative estimate of drug-likeness (QED) is 0.734. The van der Waals surface area contributed by atoms with E-state index in [1.165, 1.54) is 89.0 Å². The van der Waals surface area contributed by atoms with Crippen LogP contribution in [0, 0.1) is 11.8 Å². The first-order chi connectivity index (χ1) is 12.8. The molecule has 0 radical (unpaired) electrons. The first-order valence-corrected chi connectivity index (χ1v) is 10.8. The molecule has 1 aromatic rings. The SMILES string of the molecule is NC1CC(CNCC2CCN(c3ccc(C4CCNCC4)cc3)CC2)C1. The Labute approximate surface area is 158 Å². The van der Waals surface area contributed by atoms with Crippen LogP contribution in [0.4, 0.5) is 5.69 Å². The molecule has 0 atom stereocenters. The predicted octanol–water partition coefficient (Wildman–Crippen LogP) is 2.70. The molecule has 0 spiro atoms. The fraction of sp³-hybridized carbons (Fsp3) is 0.727. The highest BCUT2D eigenvalue weighted by Crippen LogP contribution is 2.29. The van der Waals surface area contributed by atoms with Gasteiger partial charge in [0.1, 0.15) is 0 Å². The summed E-state index contributed by atoms with van der Waals surface area (Å²) < 4.78 is 0. The average Bonchev–Trinajstić information content (AvgIpc) is 2.68. The largest absolute Gasteiger partial charge is 0.372 e. The molecule has 3 fully saturated rings. The Balaban J connectivity index is 1.19. The zero-order valence-corrected chi connectivity index (χ0v) is 16.1. The summed E-state index contributed by atoms with van der Waals surface area (Å²) in [5, 5.41) is 7.16. The second-order valence-corrected chi connectivity index (χ2v) is 8.80. The third-order valence-electron chi connectivity index (χ3n) is 6.82. The Morgan fingerprint density at radius 3 is 2.23 bits per heavy atom. The van der Waals surface area contributed by atoms with Crippen LogP contribution in [-0.4, -0.2) is 45.3 Å². The van der Waals surface area contributed by atoms with Gasteiger partial charge < -0.3 is 21.3 Å². The van der Waals surface area contributed by atoms with Crippen LogP contribution in [-0.2, 0) is 0 Å². The predicted molar refractivity (Wildman–Crippen MR) is 110 cm³/mol. The highest BCUT2D eigenvalue weighted by molar-refractivity contribution is 5.48. The number of hydrogen-bond donors (Lipinski definition) is 3. The van der Waals surface area contributed by atoms with Gasteiger partial charge in [-0.05, 0) is 100 Å². The molecule has 2 heterocycles. The van der Waals surface area contributed by atoms with Gasteiger partial charge >= 0.3 is 0 Å². The maximum Gasteiger partial charge on any atom is 0.0366 e. The molecular formula is C22H36N4. The maximum atomic E-state index is 5.87. The van der Waals surface area contributed by atoms with Gasteiger partial charge in [0, 0.05) is 24.8 Å². The topological polar surface area (TPSA) is 53.3 Å². The summed E-state index contributed by atoms with van der Waals surface area (Å²) >= 11 is 0. The number of benzene rings is 1. The Hall–Kier alpha value is -1.10. The Kier molecular flexibility index (Phi) is 6.13. The number of nitrogens with one attached hydrogen (secondary N) is 2. The zero-order valence-electron chi connectivity index (χ0n) is 16.1. The van der Waals surface area contributed by atoms with E-state index in [1.54, 1.807) is 0 Å². The van der Waals surface area contributed by atoms with Crippen LogP contribution in [0.25, 0.3) is 0 Å². The standard InChI is InChI=1S/C22H36N4/c23-21-13-18(14-21)16-25-15-17-7-11-26(12-8-17)22-3-1-19(2-4-22)20-5-9-24-10-6-20/h1-4,17-18,20-21,24-25H,5-16,23H2. The number of rotatable bonds is 6. The number of hydrogen-bond acceptors (Lipinski definition) is 4. The molecule has 0 aromatic heterocycles. The number of nitrogens with zero attached hydrogens (tertiary/aromatic N) is 1. The van der Waals surface area contributed by atoms with Gasteiger partial charge in [-0.25, -0.2) is 0 Å². The Bertz CT molecular complexity index is 538. The minimum atomic E-state index is 0.478. The molecule has 0 bridgehead atoms. The lowest BCUT2D eigenvalue weighted by Gasteiger charge is -2.35. The van der Waals surface area contributed by atoms with Crippen molar-refractivity contribution in [3.8, 4) is 0 Å². The molecule has 4 nitrogen and oxygen atoms in total. The molecule has 1 aromatic carbocycles. The molecule has 1 aliphatic carbocycles. The van der Waals surface area contributed by atoms with Crippen LogP contribution in [0.15, 0.2) is 24.3 Å². The lowest BCUT2D eigenvalue weighted by atomic mass is 9.81. The highest BCUT2D eigenvalue weighted by atomic mass is 15.1. The smallest absolute Gasteiger partial charge is 0.0366 e. The van der Waals surface area contributed by atoms with Crippen molar-refractivity contribution in [1.29, 1.82) is 0 Å². The number of nitrogens with two attached hydrogens (primary N) is 1. The van der Waals surface area contributed by atoms with E-state index >= 15 is 0 Å². The second-order valence-electron chi connectivity index (χ2n) is 8.80. The van der Waals surface area contributed by atoms with Crippen LogP contribution < -0.4 is 21.3 Å². The van der Waals surface area contributed by atoms with Gasteiger partial charge in [-0.15, -0.1) is 0 Å². The van der Waals surface area contributed by atoms with Crippen LogP contribution in [0.2, 0.25) is 0 Å². The van der Waals surface area contributed by atoms with Crippen molar-refractivity contribution >= 4 is 5.69 Å². The van der Waals surface area contributed by atoms with Crippen molar-refractivity contribution < 1.29 is 0 Å². The first-order valence-electron chi connectivity index (χ1n) is 10.8. The number of piperidine rings is 2. The van der Waals surface area contributed by atoms with E-state index in [9.17, 15) is 0 Å². The molecule has 0 unspecified atom stereocenters. The van der Waals surface area contributed by atoms with E-state index in [0.29, 0.717) is 6.04 Å². The van der Waals surface area contributed by atoms with Crippen molar-refractivity contribution in [2.75, 3.05) is 44.2 Å². The van der Waals surface area contributed by atoms with Gasteiger partial charge in [-0.1, -0.05) is 12.1 Å². The van der Waals surface area contributed by atoms with Gasteiger partial charge in [-0.3, -0.25) is 0 Å². The third-order valence-corrected chi connectivity index (χ3v) is 6.82. The van der Waals surface area contributed by atoms with Crippen LogP contribution in [0.1, 0.15) is 50.0 Å². The zero-order chi connectivity index (χ0) is 17.8. The van der Waals surface area contributed by atoms with E-state index in [1.807, 2.05) is 0 Å². The van der Waals surface area contributed by atoms with E-state index in [2.05, 4.69) is 39.8 Å². The molecular weight excluding hydrogens is 320 g/mol. The summed E-state index contributed by atoms with van der Waals surface area (Å²) in [5.74, 6) is 2.44. The first kappa shape index (κ1) is 18.3. The fourth-order valence-electron chi connectivity index (χ4n) is 4.95. The van der Waals surface area contributed by atoms with E-state index in [4.69, 9.17) is 5.73 Å². The van der Waals surface area contributed by atoms with Crippen molar-refractivity contribution in [3.63, 3.8) is 0 Å². The molecule has 3 aliphatic rings. The Morgan fingerprint density at radius 1 is 0.923 bits per heavy atom. The number of anilines is 1. The van der Waals surface area contributed by atoms with Gasteiger partial charge in [0.05, 0.1) is 0 Å². The van der Waals surface area contributed by atoms with Crippen LogP contribution in [0.5, 0.6) is 0 Å². The molecule has 1 saturated carbocycles. The van der Waals surface area contributed by atoms with Crippen molar-refractivity contribution in [2.24, 2.45) is 17.6 Å². The second kappa shape index (κ2) is 8.73. The summed E-state index contributed by atoms with van der Waals surface area (Å²) in [4.78, 5) is 2.58. The summed E-state index contributed by atoms with van der Waals surface area (Å²) in [6.45, 7) is 7.10. The van der Waals surface area contributed by atoms with Crippen LogP contribution >= 0.6 is 0 Å². The molecule has 2 saturated heterocycles. The molecule has 0 amide bonds. The van der Waals surface area contributed by atoms with E-state index in [-0.39, 0.29) is 0 Å². The van der Waals surface area contributed by atoms with Crippen molar-refractivity contribution in [3.05, 3.63) is 29.8 Å². The lowest BCUT2D eigenvalue weighted by molar-refractivity contribution is 0.248.